The zero-order valence-electron chi connectivity index (χ0n) is 13.4. The average Bonchev–Trinajstić information content (AvgIpc) is 2.90. The number of nitrogens with zero attached hydrogens (tertiary/aromatic N) is 4. The van der Waals surface area contributed by atoms with Crippen LogP contribution in [0.15, 0.2) is 29.2 Å². The third-order valence-corrected chi connectivity index (χ3v) is 4.54. The SMILES string of the molecule is CNCCC1CCN(C(=O)Cn2nc3ccccn3c2=O)CC1. The van der Waals surface area contributed by atoms with Crippen LogP contribution in [0.1, 0.15) is 19.3 Å². The number of nitrogens with one attached hydrogen (secondary N) is 1. The molecule has 23 heavy (non-hydrogen) atoms. The Bertz CT molecular complexity index is 727. The summed E-state index contributed by atoms with van der Waals surface area (Å²) in [5.41, 5.74) is 0.300. The van der Waals surface area contributed by atoms with Crippen LogP contribution in [0.4, 0.5) is 0 Å². The van der Waals surface area contributed by atoms with Gasteiger partial charge in [0, 0.05) is 19.3 Å². The molecule has 1 saturated heterocycles. The molecule has 0 radical (unpaired) electrons. The van der Waals surface area contributed by atoms with E-state index in [9.17, 15) is 9.59 Å². The van der Waals surface area contributed by atoms with Crippen molar-refractivity contribution < 1.29 is 4.79 Å². The predicted octanol–water partition coefficient (Wildman–Crippen LogP) is 0.344. The number of hydrogen-bond acceptors (Lipinski definition) is 4. The Kier molecular flexibility index (Phi) is 4.76. The molecule has 1 amide bonds. The summed E-state index contributed by atoms with van der Waals surface area (Å²) in [6.07, 6.45) is 4.89. The molecule has 7 nitrogen and oxygen atoms in total. The molecule has 0 bridgehead atoms. The van der Waals surface area contributed by atoms with E-state index in [0.717, 1.165) is 38.9 Å². The molecule has 2 aromatic heterocycles. The van der Waals surface area contributed by atoms with Gasteiger partial charge in [0.1, 0.15) is 6.54 Å². The highest BCUT2D eigenvalue weighted by Gasteiger charge is 2.23. The smallest absolute Gasteiger partial charge is 0.341 e. The second-order valence-electron chi connectivity index (χ2n) is 6.09. The molecule has 0 atom stereocenters. The van der Waals surface area contributed by atoms with Gasteiger partial charge in [0.25, 0.3) is 0 Å². The first kappa shape index (κ1) is 15.7. The largest absolute Gasteiger partial charge is 0.350 e. The number of hydrogen-bond donors (Lipinski definition) is 1. The summed E-state index contributed by atoms with van der Waals surface area (Å²) in [5.74, 6) is 0.659. The standard InChI is InChI=1S/C16H23N5O2/c1-17-8-5-13-6-10-19(11-7-13)15(22)12-21-16(23)20-9-3-2-4-14(20)18-21/h2-4,9,13,17H,5-8,10-12H2,1H3. The molecular weight excluding hydrogens is 294 g/mol. The fraction of sp³-hybridized carbons (Fsp3) is 0.562. The lowest BCUT2D eigenvalue weighted by atomic mass is 9.93. The van der Waals surface area contributed by atoms with Crippen molar-refractivity contribution in [1.82, 2.24) is 24.4 Å². The zero-order valence-corrected chi connectivity index (χ0v) is 13.4. The first-order valence-corrected chi connectivity index (χ1v) is 8.15. The van der Waals surface area contributed by atoms with Gasteiger partial charge in [0.05, 0.1) is 0 Å². The average molecular weight is 317 g/mol. The Morgan fingerprint density at radius 1 is 1.35 bits per heavy atom. The van der Waals surface area contributed by atoms with Crippen LogP contribution in [-0.2, 0) is 11.3 Å². The molecule has 0 aromatic carbocycles. The van der Waals surface area contributed by atoms with Gasteiger partial charge in [-0.25, -0.2) is 9.48 Å². The van der Waals surface area contributed by atoms with Crippen molar-refractivity contribution in [2.24, 2.45) is 5.92 Å². The summed E-state index contributed by atoms with van der Waals surface area (Å²) in [5, 5.41) is 7.39. The summed E-state index contributed by atoms with van der Waals surface area (Å²) in [7, 11) is 1.96. The first-order valence-electron chi connectivity index (χ1n) is 8.15. The second-order valence-corrected chi connectivity index (χ2v) is 6.09. The number of amides is 1. The number of carbonyl (C=O) groups excluding carboxylic acids is 1. The van der Waals surface area contributed by atoms with Gasteiger partial charge in [-0.2, -0.15) is 0 Å². The van der Waals surface area contributed by atoms with Crippen molar-refractivity contribution in [3.8, 4) is 0 Å². The van der Waals surface area contributed by atoms with E-state index in [4.69, 9.17) is 0 Å². The predicted molar refractivity (Wildman–Crippen MR) is 87.3 cm³/mol. The van der Waals surface area contributed by atoms with Crippen LogP contribution in [0.3, 0.4) is 0 Å². The molecule has 0 spiro atoms. The quantitative estimate of drug-likeness (QED) is 0.863. The first-order chi connectivity index (χ1) is 11.2. The minimum Gasteiger partial charge on any atom is -0.341 e. The van der Waals surface area contributed by atoms with Crippen molar-refractivity contribution in [1.29, 1.82) is 0 Å². The topological polar surface area (TPSA) is 71.6 Å². The van der Waals surface area contributed by atoms with Crippen LogP contribution in [0.5, 0.6) is 0 Å². The Morgan fingerprint density at radius 2 is 2.13 bits per heavy atom. The zero-order chi connectivity index (χ0) is 16.2. The Morgan fingerprint density at radius 3 is 2.83 bits per heavy atom. The molecule has 0 unspecified atom stereocenters. The van der Waals surface area contributed by atoms with E-state index >= 15 is 0 Å². The van der Waals surface area contributed by atoms with Crippen LogP contribution in [-0.4, -0.2) is 51.7 Å². The van der Waals surface area contributed by atoms with Crippen molar-refractivity contribution >= 4 is 11.6 Å². The van der Waals surface area contributed by atoms with Crippen LogP contribution in [0.25, 0.3) is 5.65 Å². The van der Waals surface area contributed by atoms with E-state index in [1.165, 1.54) is 9.08 Å². The molecule has 7 heteroatoms. The number of rotatable bonds is 5. The van der Waals surface area contributed by atoms with Crippen LogP contribution in [0.2, 0.25) is 0 Å². The van der Waals surface area contributed by atoms with Crippen LogP contribution >= 0.6 is 0 Å². The van der Waals surface area contributed by atoms with E-state index in [1.54, 1.807) is 18.3 Å². The van der Waals surface area contributed by atoms with Crippen molar-refractivity contribution in [2.75, 3.05) is 26.7 Å². The molecule has 1 aliphatic rings. The number of carbonyl (C=O) groups is 1. The summed E-state index contributed by atoms with van der Waals surface area (Å²) >= 11 is 0. The monoisotopic (exact) mass is 317 g/mol. The van der Waals surface area contributed by atoms with E-state index in [-0.39, 0.29) is 18.1 Å². The van der Waals surface area contributed by atoms with Gasteiger partial charge in [-0.05, 0) is 50.9 Å². The molecule has 1 N–H and O–H groups in total. The van der Waals surface area contributed by atoms with Gasteiger partial charge in [-0.15, -0.1) is 5.10 Å². The normalized spacial score (nSPS) is 16.1. The van der Waals surface area contributed by atoms with Gasteiger partial charge in [-0.3, -0.25) is 9.20 Å². The van der Waals surface area contributed by atoms with E-state index in [2.05, 4.69) is 10.4 Å². The Hall–Kier alpha value is -2.15. The third kappa shape index (κ3) is 3.44. The van der Waals surface area contributed by atoms with Crippen LogP contribution < -0.4 is 11.0 Å². The second kappa shape index (κ2) is 6.95. The molecule has 3 heterocycles. The lowest BCUT2D eigenvalue weighted by molar-refractivity contribution is -0.133. The highest BCUT2D eigenvalue weighted by Crippen LogP contribution is 2.20. The van der Waals surface area contributed by atoms with Crippen molar-refractivity contribution in [3.63, 3.8) is 0 Å². The van der Waals surface area contributed by atoms with E-state index < -0.39 is 0 Å². The Balaban J connectivity index is 1.61. The Labute approximate surface area is 134 Å². The molecule has 0 saturated carbocycles. The lowest BCUT2D eigenvalue weighted by Crippen LogP contribution is -2.42. The van der Waals surface area contributed by atoms with Gasteiger partial charge in [0.15, 0.2) is 5.65 Å². The summed E-state index contributed by atoms with van der Waals surface area (Å²) in [6, 6.07) is 5.36. The molecule has 1 aliphatic heterocycles. The molecule has 0 aliphatic carbocycles. The molecular formula is C16H23N5O2. The number of fused-ring (bicyclic) bond motifs is 1. The molecule has 124 valence electrons. The van der Waals surface area contributed by atoms with Gasteiger partial charge < -0.3 is 10.2 Å². The molecule has 1 fully saturated rings. The highest BCUT2D eigenvalue weighted by molar-refractivity contribution is 5.76. The fourth-order valence-corrected chi connectivity index (χ4v) is 3.12. The molecule has 2 aromatic rings. The van der Waals surface area contributed by atoms with E-state index in [0.29, 0.717) is 11.6 Å². The van der Waals surface area contributed by atoms with Gasteiger partial charge >= 0.3 is 5.69 Å². The minimum absolute atomic E-state index is 0.0156. The number of pyridine rings is 1. The molecule has 3 rings (SSSR count). The fourth-order valence-electron chi connectivity index (χ4n) is 3.12. The van der Waals surface area contributed by atoms with Gasteiger partial charge in [0.2, 0.25) is 5.91 Å². The number of piperidine rings is 1. The maximum Gasteiger partial charge on any atom is 0.350 e. The number of aromatic nitrogens is 3. The minimum atomic E-state index is -0.266. The van der Waals surface area contributed by atoms with Crippen molar-refractivity contribution in [2.45, 2.75) is 25.8 Å². The maximum atomic E-state index is 12.4. The number of likely N-dealkylation sites (tertiary alicyclic amines) is 1. The summed E-state index contributed by atoms with van der Waals surface area (Å²) in [4.78, 5) is 26.5. The highest BCUT2D eigenvalue weighted by atomic mass is 16.2. The van der Waals surface area contributed by atoms with Crippen molar-refractivity contribution in [3.05, 3.63) is 34.9 Å². The summed E-state index contributed by atoms with van der Waals surface area (Å²) in [6.45, 7) is 2.58. The third-order valence-electron chi connectivity index (χ3n) is 4.54. The van der Waals surface area contributed by atoms with E-state index in [1.807, 2.05) is 18.0 Å². The van der Waals surface area contributed by atoms with Gasteiger partial charge in [-0.1, -0.05) is 6.07 Å². The maximum absolute atomic E-state index is 12.4. The summed E-state index contributed by atoms with van der Waals surface area (Å²) < 4.78 is 2.71. The van der Waals surface area contributed by atoms with Crippen LogP contribution in [0, 0.1) is 5.92 Å². The lowest BCUT2D eigenvalue weighted by Gasteiger charge is -2.32.